The topological polar surface area (TPSA) is 64.2 Å². The van der Waals surface area contributed by atoms with E-state index < -0.39 is 0 Å². The molecule has 5 heteroatoms. The third kappa shape index (κ3) is 2.70. The lowest BCUT2D eigenvalue weighted by atomic mass is 10.2. The number of nitrogens with zero attached hydrogens (tertiary/aromatic N) is 1. The minimum Gasteiger partial charge on any atom is -0.493 e. The molecular formula is C14H18N2O3. The summed E-state index contributed by atoms with van der Waals surface area (Å²) in [5.41, 5.74) is 0.490. The maximum atomic E-state index is 12.0. The number of aromatic nitrogens is 2. The van der Waals surface area contributed by atoms with Crippen LogP contribution in [0.3, 0.4) is 0 Å². The van der Waals surface area contributed by atoms with Crippen molar-refractivity contribution in [1.29, 1.82) is 0 Å². The van der Waals surface area contributed by atoms with Gasteiger partial charge in [0.15, 0.2) is 11.5 Å². The van der Waals surface area contributed by atoms with Crippen LogP contribution in [0.25, 0.3) is 10.9 Å². The lowest BCUT2D eigenvalue weighted by Gasteiger charge is -2.09. The predicted molar refractivity (Wildman–Crippen MR) is 74.1 cm³/mol. The summed E-state index contributed by atoms with van der Waals surface area (Å²) in [6.45, 7) is 2.10. The molecule has 0 aliphatic heterocycles. The van der Waals surface area contributed by atoms with Crippen molar-refractivity contribution in [2.45, 2.75) is 26.2 Å². The van der Waals surface area contributed by atoms with Gasteiger partial charge in [-0.05, 0) is 12.5 Å². The minimum absolute atomic E-state index is 0.142. The number of hydrogen-bond acceptors (Lipinski definition) is 4. The van der Waals surface area contributed by atoms with E-state index in [0.29, 0.717) is 28.2 Å². The molecule has 0 radical (unpaired) electrons. The van der Waals surface area contributed by atoms with Gasteiger partial charge in [0.05, 0.1) is 25.1 Å². The van der Waals surface area contributed by atoms with Gasteiger partial charge < -0.3 is 14.5 Å². The van der Waals surface area contributed by atoms with Crippen LogP contribution in [0.15, 0.2) is 16.9 Å². The Labute approximate surface area is 111 Å². The molecule has 0 fully saturated rings. The van der Waals surface area contributed by atoms with Crippen molar-refractivity contribution in [2.75, 3.05) is 14.2 Å². The van der Waals surface area contributed by atoms with Crippen LogP contribution < -0.4 is 15.0 Å². The average Bonchev–Trinajstić information content (AvgIpc) is 2.43. The van der Waals surface area contributed by atoms with Crippen LogP contribution in [-0.2, 0) is 6.42 Å². The van der Waals surface area contributed by atoms with E-state index in [0.717, 1.165) is 19.3 Å². The maximum Gasteiger partial charge on any atom is 0.258 e. The standard InChI is InChI=1S/C14H18N2O3/c1-4-5-6-13-15-10-8-12(19-3)11(18-2)7-9(10)14(17)16-13/h7-8H,4-6H2,1-3H3,(H,15,16,17). The van der Waals surface area contributed by atoms with Crippen LogP contribution >= 0.6 is 0 Å². The monoisotopic (exact) mass is 262 g/mol. The molecule has 0 unspecified atom stereocenters. The number of unbranched alkanes of at least 4 members (excludes halogenated alkanes) is 1. The van der Waals surface area contributed by atoms with Gasteiger partial charge in [0.2, 0.25) is 0 Å². The van der Waals surface area contributed by atoms with E-state index in [-0.39, 0.29) is 5.56 Å². The summed E-state index contributed by atoms with van der Waals surface area (Å²) in [5, 5.41) is 0.512. The molecule has 2 rings (SSSR count). The molecule has 1 aromatic heterocycles. The zero-order valence-electron chi connectivity index (χ0n) is 11.4. The molecule has 0 atom stereocenters. The Hall–Kier alpha value is -2.04. The molecule has 1 aromatic carbocycles. The molecule has 0 aliphatic carbocycles. The van der Waals surface area contributed by atoms with Crippen molar-refractivity contribution in [3.05, 3.63) is 28.3 Å². The van der Waals surface area contributed by atoms with Crippen LogP contribution in [0.4, 0.5) is 0 Å². The first-order valence-electron chi connectivity index (χ1n) is 6.34. The number of ether oxygens (including phenoxy) is 2. The fourth-order valence-electron chi connectivity index (χ4n) is 1.98. The third-order valence-corrected chi connectivity index (χ3v) is 3.03. The van der Waals surface area contributed by atoms with E-state index in [1.54, 1.807) is 26.4 Å². The van der Waals surface area contributed by atoms with Crippen molar-refractivity contribution in [2.24, 2.45) is 0 Å². The first-order chi connectivity index (χ1) is 9.19. The number of fused-ring (bicyclic) bond motifs is 1. The van der Waals surface area contributed by atoms with Gasteiger partial charge >= 0.3 is 0 Å². The molecule has 1 heterocycles. The van der Waals surface area contributed by atoms with Crippen molar-refractivity contribution in [3.8, 4) is 11.5 Å². The summed E-state index contributed by atoms with van der Waals surface area (Å²) in [4.78, 5) is 19.3. The second kappa shape index (κ2) is 5.73. The highest BCUT2D eigenvalue weighted by Gasteiger charge is 2.10. The Kier molecular flexibility index (Phi) is 4.04. The van der Waals surface area contributed by atoms with Crippen molar-refractivity contribution < 1.29 is 9.47 Å². The molecule has 102 valence electrons. The summed E-state index contributed by atoms with van der Waals surface area (Å²) >= 11 is 0. The van der Waals surface area contributed by atoms with E-state index in [1.165, 1.54) is 0 Å². The Bertz CT molecular complexity index is 634. The number of nitrogens with one attached hydrogen (secondary N) is 1. The van der Waals surface area contributed by atoms with Gasteiger partial charge in [-0.15, -0.1) is 0 Å². The predicted octanol–water partition coefficient (Wildman–Crippen LogP) is 2.28. The Morgan fingerprint density at radius 2 is 1.89 bits per heavy atom. The van der Waals surface area contributed by atoms with Crippen molar-refractivity contribution in [3.63, 3.8) is 0 Å². The number of benzene rings is 1. The summed E-state index contributed by atoms with van der Waals surface area (Å²) < 4.78 is 10.4. The first kappa shape index (κ1) is 13.4. The first-order valence-corrected chi connectivity index (χ1v) is 6.34. The van der Waals surface area contributed by atoms with E-state index >= 15 is 0 Å². The lowest BCUT2D eigenvalue weighted by molar-refractivity contribution is 0.355. The molecule has 5 nitrogen and oxygen atoms in total. The molecule has 0 bridgehead atoms. The van der Waals surface area contributed by atoms with E-state index in [2.05, 4.69) is 16.9 Å². The molecule has 19 heavy (non-hydrogen) atoms. The zero-order valence-corrected chi connectivity index (χ0v) is 11.4. The highest BCUT2D eigenvalue weighted by molar-refractivity contribution is 5.81. The van der Waals surface area contributed by atoms with E-state index in [1.807, 2.05) is 0 Å². The SMILES string of the molecule is CCCCc1nc2cc(OC)c(OC)cc2c(=O)[nH]1. The Morgan fingerprint density at radius 3 is 2.53 bits per heavy atom. The summed E-state index contributed by atoms with van der Waals surface area (Å²) in [5.74, 6) is 1.82. The number of rotatable bonds is 5. The largest absolute Gasteiger partial charge is 0.493 e. The number of hydrogen-bond donors (Lipinski definition) is 1. The smallest absolute Gasteiger partial charge is 0.258 e. The molecule has 0 aliphatic rings. The van der Waals surface area contributed by atoms with Gasteiger partial charge in [-0.3, -0.25) is 4.79 Å². The van der Waals surface area contributed by atoms with Crippen molar-refractivity contribution in [1.82, 2.24) is 9.97 Å². The van der Waals surface area contributed by atoms with Gasteiger partial charge in [0.1, 0.15) is 5.82 Å². The zero-order chi connectivity index (χ0) is 13.8. The fraction of sp³-hybridized carbons (Fsp3) is 0.429. The molecule has 0 saturated heterocycles. The number of H-pyrrole nitrogens is 1. The number of aryl methyl sites for hydroxylation is 1. The normalized spacial score (nSPS) is 10.7. The van der Waals surface area contributed by atoms with Crippen LogP contribution in [0, 0.1) is 0 Å². The van der Waals surface area contributed by atoms with Crippen molar-refractivity contribution >= 4 is 10.9 Å². The molecule has 0 spiro atoms. The highest BCUT2D eigenvalue weighted by Crippen LogP contribution is 2.29. The summed E-state index contributed by atoms with van der Waals surface area (Å²) in [6, 6.07) is 3.39. The van der Waals surface area contributed by atoms with Gasteiger partial charge in [-0.25, -0.2) is 4.98 Å². The van der Waals surface area contributed by atoms with Gasteiger partial charge in [-0.2, -0.15) is 0 Å². The average molecular weight is 262 g/mol. The molecule has 1 N–H and O–H groups in total. The number of methoxy groups -OCH3 is 2. The quantitative estimate of drug-likeness (QED) is 0.897. The number of aromatic amines is 1. The second-order valence-corrected chi connectivity index (χ2v) is 4.34. The lowest BCUT2D eigenvalue weighted by Crippen LogP contribution is -2.12. The molecule has 0 amide bonds. The fourth-order valence-corrected chi connectivity index (χ4v) is 1.98. The molecule has 0 saturated carbocycles. The second-order valence-electron chi connectivity index (χ2n) is 4.34. The van der Waals surface area contributed by atoms with Crippen LogP contribution in [0.2, 0.25) is 0 Å². The molecule has 2 aromatic rings. The van der Waals surface area contributed by atoms with Gasteiger partial charge in [0.25, 0.3) is 5.56 Å². The maximum absolute atomic E-state index is 12.0. The molecular weight excluding hydrogens is 244 g/mol. The minimum atomic E-state index is -0.142. The van der Waals surface area contributed by atoms with E-state index in [4.69, 9.17) is 9.47 Å². The third-order valence-electron chi connectivity index (χ3n) is 3.03. The van der Waals surface area contributed by atoms with Crippen LogP contribution in [0.5, 0.6) is 11.5 Å². The Morgan fingerprint density at radius 1 is 1.21 bits per heavy atom. The van der Waals surface area contributed by atoms with Crippen LogP contribution in [-0.4, -0.2) is 24.2 Å². The highest BCUT2D eigenvalue weighted by atomic mass is 16.5. The summed E-state index contributed by atoms with van der Waals surface area (Å²) in [6.07, 6.45) is 2.84. The summed E-state index contributed by atoms with van der Waals surface area (Å²) in [7, 11) is 3.11. The van der Waals surface area contributed by atoms with Gasteiger partial charge in [-0.1, -0.05) is 13.3 Å². The Balaban J connectivity index is 2.57. The van der Waals surface area contributed by atoms with Gasteiger partial charge in [0, 0.05) is 12.5 Å². The van der Waals surface area contributed by atoms with E-state index in [9.17, 15) is 4.79 Å². The van der Waals surface area contributed by atoms with Crippen LogP contribution in [0.1, 0.15) is 25.6 Å².